The average molecular weight is 340 g/mol. The van der Waals surface area contributed by atoms with Gasteiger partial charge in [0.15, 0.2) is 0 Å². The molecule has 0 spiro atoms. The number of halogens is 2. The predicted octanol–water partition coefficient (Wildman–Crippen LogP) is 4.55. The molecule has 0 aromatic heterocycles. The summed E-state index contributed by atoms with van der Waals surface area (Å²) in [6.45, 7) is 4.20. The van der Waals surface area contributed by atoms with Crippen molar-refractivity contribution in [2.75, 3.05) is 13.1 Å². The van der Waals surface area contributed by atoms with Crippen molar-refractivity contribution in [1.82, 2.24) is 5.32 Å². The molecule has 2 fully saturated rings. The van der Waals surface area contributed by atoms with E-state index in [1.54, 1.807) is 6.07 Å². The Balaban J connectivity index is 1.83. The van der Waals surface area contributed by atoms with Gasteiger partial charge in [0.05, 0.1) is 0 Å². The van der Waals surface area contributed by atoms with E-state index in [1.807, 2.05) is 12.1 Å². The number of fused-ring (bicyclic) bond motifs is 2. The van der Waals surface area contributed by atoms with Crippen LogP contribution in [-0.4, -0.2) is 13.1 Å². The number of nitrogens with one attached hydrogen (secondary N) is 1. The van der Waals surface area contributed by atoms with Gasteiger partial charge in [0.2, 0.25) is 0 Å². The minimum absolute atomic E-state index is 0.0574. The largest absolute Gasteiger partial charge is 0.316 e. The summed E-state index contributed by atoms with van der Waals surface area (Å²) in [5.74, 6) is 1.62. The Labute approximate surface area is 129 Å². The van der Waals surface area contributed by atoms with Crippen LogP contribution >= 0.6 is 15.9 Å². The van der Waals surface area contributed by atoms with Crippen molar-refractivity contribution in [3.05, 3.63) is 34.1 Å². The fourth-order valence-electron chi connectivity index (χ4n) is 4.47. The second-order valence-electron chi connectivity index (χ2n) is 6.64. The number of rotatable bonds is 5. The van der Waals surface area contributed by atoms with Gasteiger partial charge in [-0.05, 0) is 67.2 Å². The van der Waals surface area contributed by atoms with Crippen LogP contribution in [0.3, 0.4) is 0 Å². The van der Waals surface area contributed by atoms with Crippen LogP contribution in [0.15, 0.2) is 22.7 Å². The Morgan fingerprint density at radius 1 is 1.40 bits per heavy atom. The lowest BCUT2D eigenvalue weighted by molar-refractivity contribution is 0.156. The topological polar surface area (TPSA) is 12.0 Å². The summed E-state index contributed by atoms with van der Waals surface area (Å²) < 4.78 is 15.0. The highest BCUT2D eigenvalue weighted by atomic mass is 79.9. The highest BCUT2D eigenvalue weighted by Gasteiger charge is 2.50. The van der Waals surface area contributed by atoms with Gasteiger partial charge < -0.3 is 5.32 Å². The molecule has 0 amide bonds. The zero-order chi connectivity index (χ0) is 14.2. The molecule has 3 unspecified atom stereocenters. The Morgan fingerprint density at radius 2 is 2.25 bits per heavy atom. The SMILES string of the molecule is CCNCC1(Cc2ccc(Br)cc2F)CC2CCC1C2. The van der Waals surface area contributed by atoms with E-state index in [4.69, 9.17) is 0 Å². The molecule has 2 aliphatic carbocycles. The Hall–Kier alpha value is -0.410. The van der Waals surface area contributed by atoms with Gasteiger partial charge >= 0.3 is 0 Å². The summed E-state index contributed by atoms with van der Waals surface area (Å²) in [6.07, 6.45) is 6.26. The molecule has 1 nitrogen and oxygen atoms in total. The predicted molar refractivity (Wildman–Crippen MR) is 84.2 cm³/mol. The Kier molecular flexibility index (Phi) is 4.19. The van der Waals surface area contributed by atoms with Crippen molar-refractivity contribution in [2.24, 2.45) is 17.3 Å². The van der Waals surface area contributed by atoms with Crippen molar-refractivity contribution in [3.63, 3.8) is 0 Å². The van der Waals surface area contributed by atoms with Gasteiger partial charge in [-0.15, -0.1) is 0 Å². The Bertz CT molecular complexity index is 490. The summed E-state index contributed by atoms with van der Waals surface area (Å²) in [4.78, 5) is 0. The van der Waals surface area contributed by atoms with E-state index in [0.717, 1.165) is 41.4 Å². The monoisotopic (exact) mass is 339 g/mol. The van der Waals surface area contributed by atoms with Crippen molar-refractivity contribution >= 4 is 15.9 Å². The van der Waals surface area contributed by atoms with Crippen molar-refractivity contribution < 1.29 is 4.39 Å². The third-order valence-corrected chi connectivity index (χ3v) is 5.88. The highest BCUT2D eigenvalue weighted by molar-refractivity contribution is 9.10. The zero-order valence-corrected chi connectivity index (χ0v) is 13.7. The summed E-state index contributed by atoms with van der Waals surface area (Å²) in [5.41, 5.74) is 1.17. The third-order valence-electron chi connectivity index (χ3n) is 5.39. The van der Waals surface area contributed by atoms with E-state index in [-0.39, 0.29) is 11.2 Å². The van der Waals surface area contributed by atoms with E-state index < -0.39 is 0 Å². The normalized spacial score (nSPS) is 31.9. The Morgan fingerprint density at radius 3 is 2.85 bits per heavy atom. The second-order valence-corrected chi connectivity index (χ2v) is 7.55. The lowest BCUT2D eigenvalue weighted by Gasteiger charge is -2.38. The van der Waals surface area contributed by atoms with Gasteiger partial charge in [0.1, 0.15) is 5.82 Å². The van der Waals surface area contributed by atoms with Crippen LogP contribution in [0, 0.1) is 23.1 Å². The van der Waals surface area contributed by atoms with E-state index in [2.05, 4.69) is 28.2 Å². The van der Waals surface area contributed by atoms with Gasteiger partial charge in [-0.2, -0.15) is 0 Å². The molecule has 110 valence electrons. The fourth-order valence-corrected chi connectivity index (χ4v) is 4.81. The minimum Gasteiger partial charge on any atom is -0.316 e. The zero-order valence-electron chi connectivity index (χ0n) is 12.1. The standard InChI is InChI=1S/C17H23BrFN/c1-2-20-11-17(9-12-3-5-14(17)7-12)10-13-4-6-15(18)8-16(13)19/h4,6,8,12,14,20H,2-3,5,7,9-11H2,1H3. The van der Waals surface area contributed by atoms with Crippen LogP contribution in [0.4, 0.5) is 4.39 Å². The van der Waals surface area contributed by atoms with Crippen LogP contribution < -0.4 is 5.32 Å². The minimum atomic E-state index is -0.0574. The summed E-state index contributed by atoms with van der Waals surface area (Å²) >= 11 is 3.34. The smallest absolute Gasteiger partial charge is 0.127 e. The quantitative estimate of drug-likeness (QED) is 0.829. The van der Waals surface area contributed by atoms with E-state index in [9.17, 15) is 4.39 Å². The van der Waals surface area contributed by atoms with Gasteiger partial charge in [0, 0.05) is 11.0 Å². The molecule has 2 saturated carbocycles. The maximum atomic E-state index is 14.2. The molecule has 20 heavy (non-hydrogen) atoms. The van der Waals surface area contributed by atoms with Gasteiger partial charge in [-0.1, -0.05) is 35.3 Å². The summed E-state index contributed by atoms with van der Waals surface area (Å²) in [6, 6.07) is 5.52. The number of benzene rings is 1. The average Bonchev–Trinajstić information content (AvgIpc) is 3.01. The molecule has 0 heterocycles. The van der Waals surface area contributed by atoms with Gasteiger partial charge in [-0.25, -0.2) is 4.39 Å². The first-order valence-electron chi connectivity index (χ1n) is 7.77. The number of hydrogen-bond donors (Lipinski definition) is 1. The molecule has 1 aromatic rings. The second kappa shape index (κ2) is 5.76. The summed E-state index contributed by atoms with van der Waals surface area (Å²) in [7, 11) is 0. The van der Waals surface area contributed by atoms with Gasteiger partial charge in [0.25, 0.3) is 0 Å². The maximum Gasteiger partial charge on any atom is 0.127 e. The number of hydrogen-bond acceptors (Lipinski definition) is 1. The molecule has 3 atom stereocenters. The molecule has 3 rings (SSSR count). The first-order valence-corrected chi connectivity index (χ1v) is 8.57. The van der Waals surface area contributed by atoms with Crippen molar-refractivity contribution in [1.29, 1.82) is 0 Å². The molecule has 1 N–H and O–H groups in total. The lowest BCUT2D eigenvalue weighted by atomic mass is 9.69. The van der Waals surface area contributed by atoms with Crippen LogP contribution in [0.1, 0.15) is 38.2 Å². The molecule has 1 aromatic carbocycles. The third kappa shape index (κ3) is 2.67. The fraction of sp³-hybridized carbons (Fsp3) is 0.647. The lowest BCUT2D eigenvalue weighted by Crippen LogP contribution is -2.40. The summed E-state index contributed by atoms with van der Waals surface area (Å²) in [5, 5.41) is 3.54. The molecule has 0 aliphatic heterocycles. The van der Waals surface area contributed by atoms with Crippen molar-refractivity contribution in [3.8, 4) is 0 Å². The molecule has 0 saturated heterocycles. The van der Waals surface area contributed by atoms with E-state index in [1.165, 1.54) is 25.7 Å². The molecular formula is C17H23BrFN. The highest BCUT2D eigenvalue weighted by Crippen LogP contribution is 2.57. The van der Waals surface area contributed by atoms with E-state index in [0.29, 0.717) is 0 Å². The van der Waals surface area contributed by atoms with Crippen LogP contribution in [-0.2, 0) is 6.42 Å². The molecule has 2 bridgehead atoms. The molecule has 0 radical (unpaired) electrons. The van der Waals surface area contributed by atoms with Crippen LogP contribution in [0.5, 0.6) is 0 Å². The van der Waals surface area contributed by atoms with Crippen LogP contribution in [0.25, 0.3) is 0 Å². The van der Waals surface area contributed by atoms with Crippen LogP contribution in [0.2, 0.25) is 0 Å². The van der Waals surface area contributed by atoms with E-state index >= 15 is 0 Å². The molecule has 3 heteroatoms. The van der Waals surface area contributed by atoms with Crippen molar-refractivity contribution in [2.45, 2.75) is 39.0 Å². The molecular weight excluding hydrogens is 317 g/mol. The first kappa shape index (κ1) is 14.5. The first-order chi connectivity index (χ1) is 9.63. The maximum absolute atomic E-state index is 14.2. The molecule has 2 aliphatic rings. The van der Waals surface area contributed by atoms with Gasteiger partial charge in [-0.3, -0.25) is 0 Å².